The molecule has 0 amide bonds. The van der Waals surface area contributed by atoms with Crippen molar-refractivity contribution in [1.82, 2.24) is 0 Å². The van der Waals surface area contributed by atoms with Crippen LogP contribution < -0.4 is 4.74 Å². The molecule has 2 nitrogen and oxygen atoms in total. The highest BCUT2D eigenvalue weighted by atomic mass is 16.5. The molecule has 2 heterocycles. The van der Waals surface area contributed by atoms with Gasteiger partial charge in [0.25, 0.3) is 0 Å². The normalized spacial score (nSPS) is 17.6. The molecular weight excluding hydrogens is 260 g/mol. The van der Waals surface area contributed by atoms with E-state index in [9.17, 15) is 0 Å². The summed E-state index contributed by atoms with van der Waals surface area (Å²) >= 11 is 0. The third-order valence-electron chi connectivity index (χ3n) is 3.70. The summed E-state index contributed by atoms with van der Waals surface area (Å²) in [6, 6.07) is 12.1. The number of furan rings is 1. The molecule has 1 aliphatic heterocycles. The second-order valence-corrected chi connectivity index (χ2v) is 5.07. The zero-order chi connectivity index (χ0) is 14.2. The average Bonchev–Trinajstić information content (AvgIpc) is 2.89. The van der Waals surface area contributed by atoms with Gasteiger partial charge in [-0.2, -0.15) is 0 Å². The maximum absolute atomic E-state index is 5.91. The number of para-hydroxylation sites is 1. The molecule has 2 heteroatoms. The number of hydrogen-bond acceptors (Lipinski definition) is 2. The molecule has 0 fully saturated rings. The van der Waals surface area contributed by atoms with Crippen LogP contribution >= 0.6 is 0 Å². The van der Waals surface area contributed by atoms with E-state index in [1.54, 1.807) is 0 Å². The number of benzene rings is 2. The Morgan fingerprint density at radius 1 is 0.952 bits per heavy atom. The van der Waals surface area contributed by atoms with Crippen LogP contribution in [0.2, 0.25) is 0 Å². The van der Waals surface area contributed by atoms with E-state index in [1.165, 1.54) is 0 Å². The molecule has 1 aromatic heterocycles. The fraction of sp³-hybridized carbons (Fsp3) is 0.0526. The fourth-order valence-electron chi connectivity index (χ4n) is 2.66. The standard InChI is InChI=1S/C19H14O2/c1-13-7-3-2-6-10-20-18-12-19-16(11-15(13)18)14-8-4-5-9-17(14)21-19/h2-9,11-12H,1,10H2/b6-2-,7-3-. The number of hydrogen-bond donors (Lipinski definition) is 0. The zero-order valence-corrected chi connectivity index (χ0v) is 11.5. The van der Waals surface area contributed by atoms with E-state index in [-0.39, 0.29) is 0 Å². The van der Waals surface area contributed by atoms with E-state index in [4.69, 9.17) is 9.15 Å². The van der Waals surface area contributed by atoms with Gasteiger partial charge in [-0.3, -0.25) is 0 Å². The third kappa shape index (κ3) is 1.96. The van der Waals surface area contributed by atoms with E-state index in [0.29, 0.717) is 6.61 Å². The Hall–Kier alpha value is -2.74. The molecule has 2 aromatic carbocycles. The molecule has 0 saturated carbocycles. The molecule has 21 heavy (non-hydrogen) atoms. The van der Waals surface area contributed by atoms with Crippen molar-refractivity contribution >= 4 is 27.5 Å². The van der Waals surface area contributed by atoms with Crippen LogP contribution in [0, 0.1) is 0 Å². The van der Waals surface area contributed by atoms with E-state index in [1.807, 2.05) is 48.6 Å². The topological polar surface area (TPSA) is 22.4 Å². The lowest BCUT2D eigenvalue weighted by Crippen LogP contribution is -1.96. The summed E-state index contributed by atoms with van der Waals surface area (Å²) in [6.45, 7) is 4.68. The SMILES string of the molecule is C=C1/C=C\C=C/COc2cc3oc4ccccc4c3cc21. The molecule has 0 spiro atoms. The van der Waals surface area contributed by atoms with E-state index < -0.39 is 0 Å². The summed E-state index contributed by atoms with van der Waals surface area (Å²) in [7, 11) is 0. The zero-order valence-electron chi connectivity index (χ0n) is 11.5. The molecule has 0 bridgehead atoms. The molecule has 0 aliphatic carbocycles. The predicted octanol–water partition coefficient (Wildman–Crippen LogP) is 5.10. The van der Waals surface area contributed by atoms with Gasteiger partial charge >= 0.3 is 0 Å². The Labute approximate surface area is 122 Å². The van der Waals surface area contributed by atoms with Gasteiger partial charge in [0.2, 0.25) is 0 Å². The molecule has 4 rings (SSSR count). The van der Waals surface area contributed by atoms with Crippen LogP contribution in [-0.4, -0.2) is 6.61 Å². The molecule has 1 aliphatic rings. The van der Waals surface area contributed by atoms with E-state index >= 15 is 0 Å². The Morgan fingerprint density at radius 2 is 1.86 bits per heavy atom. The number of rotatable bonds is 0. The first-order chi connectivity index (χ1) is 10.3. The maximum Gasteiger partial charge on any atom is 0.139 e. The van der Waals surface area contributed by atoms with Crippen molar-refractivity contribution < 1.29 is 9.15 Å². The Kier molecular flexibility index (Phi) is 2.68. The van der Waals surface area contributed by atoms with Gasteiger partial charge in [-0.25, -0.2) is 0 Å². The van der Waals surface area contributed by atoms with E-state index in [2.05, 4.69) is 18.7 Å². The third-order valence-corrected chi connectivity index (χ3v) is 3.70. The van der Waals surface area contributed by atoms with Crippen molar-refractivity contribution in [2.24, 2.45) is 0 Å². The fourth-order valence-corrected chi connectivity index (χ4v) is 2.66. The highest BCUT2D eigenvalue weighted by molar-refractivity contribution is 6.06. The van der Waals surface area contributed by atoms with Crippen LogP contribution in [0.5, 0.6) is 5.75 Å². The van der Waals surface area contributed by atoms with Crippen LogP contribution in [-0.2, 0) is 0 Å². The van der Waals surface area contributed by atoms with Crippen molar-refractivity contribution in [2.45, 2.75) is 0 Å². The summed E-state index contributed by atoms with van der Waals surface area (Å²) in [5, 5.41) is 2.21. The van der Waals surface area contributed by atoms with Crippen molar-refractivity contribution in [3.63, 3.8) is 0 Å². The van der Waals surface area contributed by atoms with Crippen molar-refractivity contribution in [3.8, 4) is 5.75 Å². The van der Waals surface area contributed by atoms with Crippen molar-refractivity contribution in [2.75, 3.05) is 6.61 Å². The first-order valence-electron chi connectivity index (χ1n) is 6.93. The highest BCUT2D eigenvalue weighted by Gasteiger charge is 2.13. The lowest BCUT2D eigenvalue weighted by Gasteiger charge is -2.10. The molecule has 0 N–H and O–H groups in total. The van der Waals surface area contributed by atoms with Gasteiger partial charge in [0, 0.05) is 22.4 Å². The second kappa shape index (κ2) is 4.67. The van der Waals surface area contributed by atoms with Gasteiger partial charge in [-0.05, 0) is 23.8 Å². The molecule has 3 aromatic rings. The van der Waals surface area contributed by atoms with Crippen LogP contribution in [0.15, 0.2) is 71.7 Å². The van der Waals surface area contributed by atoms with Crippen molar-refractivity contribution in [3.05, 3.63) is 72.8 Å². The van der Waals surface area contributed by atoms with Crippen LogP contribution in [0.25, 0.3) is 27.5 Å². The molecule has 0 saturated heterocycles. The van der Waals surface area contributed by atoms with Crippen molar-refractivity contribution in [1.29, 1.82) is 0 Å². The Morgan fingerprint density at radius 3 is 2.81 bits per heavy atom. The maximum atomic E-state index is 5.91. The van der Waals surface area contributed by atoms with Gasteiger partial charge < -0.3 is 9.15 Å². The number of allylic oxidation sites excluding steroid dienone is 4. The first kappa shape index (κ1) is 12.0. The summed E-state index contributed by atoms with van der Waals surface area (Å²) in [5.74, 6) is 0.808. The second-order valence-electron chi connectivity index (χ2n) is 5.07. The Balaban J connectivity index is 2.03. The minimum absolute atomic E-state index is 0.538. The number of ether oxygens (including phenoxy) is 1. The quantitative estimate of drug-likeness (QED) is 0.568. The lowest BCUT2D eigenvalue weighted by atomic mass is 10.0. The van der Waals surface area contributed by atoms with Gasteiger partial charge in [0.1, 0.15) is 23.5 Å². The first-order valence-corrected chi connectivity index (χ1v) is 6.93. The van der Waals surface area contributed by atoms with Crippen LogP contribution in [0.4, 0.5) is 0 Å². The molecule has 0 atom stereocenters. The van der Waals surface area contributed by atoms with Gasteiger partial charge in [0.15, 0.2) is 0 Å². The molecular formula is C19H14O2. The average molecular weight is 274 g/mol. The predicted molar refractivity (Wildman–Crippen MR) is 86.5 cm³/mol. The minimum Gasteiger partial charge on any atom is -0.489 e. The summed E-state index contributed by atoms with van der Waals surface area (Å²) < 4.78 is 11.7. The largest absolute Gasteiger partial charge is 0.489 e. The van der Waals surface area contributed by atoms with Crippen LogP contribution in [0.3, 0.4) is 0 Å². The smallest absolute Gasteiger partial charge is 0.139 e. The molecule has 0 unspecified atom stereocenters. The van der Waals surface area contributed by atoms with Gasteiger partial charge in [-0.1, -0.05) is 43.0 Å². The highest BCUT2D eigenvalue weighted by Crippen LogP contribution is 2.36. The van der Waals surface area contributed by atoms with Crippen LogP contribution in [0.1, 0.15) is 5.56 Å². The summed E-state index contributed by atoms with van der Waals surface area (Å²) in [6.07, 6.45) is 7.93. The number of fused-ring (bicyclic) bond motifs is 4. The van der Waals surface area contributed by atoms with Gasteiger partial charge in [0.05, 0.1) is 0 Å². The molecule has 0 radical (unpaired) electrons. The summed E-state index contributed by atoms with van der Waals surface area (Å²) in [5.41, 5.74) is 3.68. The summed E-state index contributed by atoms with van der Waals surface area (Å²) in [4.78, 5) is 0. The lowest BCUT2D eigenvalue weighted by molar-refractivity contribution is 0.362. The molecule has 102 valence electrons. The van der Waals surface area contributed by atoms with E-state index in [0.717, 1.165) is 38.8 Å². The van der Waals surface area contributed by atoms with Gasteiger partial charge in [-0.15, -0.1) is 0 Å². The minimum atomic E-state index is 0.538. The monoisotopic (exact) mass is 274 g/mol. The Bertz CT molecular complexity index is 910.